The van der Waals surface area contributed by atoms with Crippen molar-refractivity contribution in [2.24, 2.45) is 5.92 Å². The van der Waals surface area contributed by atoms with Crippen molar-refractivity contribution < 1.29 is 24.3 Å². The maximum absolute atomic E-state index is 15.1. The first-order chi connectivity index (χ1) is 25.5. The van der Waals surface area contributed by atoms with Gasteiger partial charge in [-0.3, -0.25) is 19.6 Å². The average molecular weight is 844 g/mol. The number of aliphatic hydroxyl groups excluding tert-OH is 1. The number of nitrogens with zero attached hydrogens (tertiary/aromatic N) is 5. The third-order valence-electron chi connectivity index (χ3n) is 11.2. The van der Waals surface area contributed by atoms with Crippen molar-refractivity contribution in [1.29, 1.82) is 0 Å². The molecule has 1 amide bonds. The van der Waals surface area contributed by atoms with Crippen molar-refractivity contribution in [2.75, 3.05) is 18.6 Å². The maximum atomic E-state index is 15.1. The molecule has 1 N–H and O–H groups in total. The minimum Gasteiger partial charge on any atom is -0.497 e. The number of aliphatic hydroxyl groups is 1. The Morgan fingerprint density at radius 1 is 1.06 bits per heavy atom. The van der Waals surface area contributed by atoms with Gasteiger partial charge in [0.05, 0.1) is 56.7 Å². The molecule has 1 aromatic heterocycles. The molecule has 13 heteroatoms. The topological polar surface area (TPSA) is 133 Å². The zero-order chi connectivity index (χ0) is 37.5. The molecule has 274 valence electrons. The maximum Gasteiger partial charge on any atom is 0.269 e. The van der Waals surface area contributed by atoms with E-state index in [0.717, 1.165) is 20.4 Å². The molecule has 1 spiro atoms. The number of aromatic nitrogens is 3. The van der Waals surface area contributed by atoms with Gasteiger partial charge < -0.3 is 19.5 Å². The third kappa shape index (κ3) is 6.68. The van der Waals surface area contributed by atoms with E-state index < -0.39 is 24.7 Å². The highest BCUT2D eigenvalue weighted by Gasteiger charge is 2.66. The van der Waals surface area contributed by atoms with Crippen LogP contribution in [0.3, 0.4) is 0 Å². The summed E-state index contributed by atoms with van der Waals surface area (Å²) in [5, 5.41) is 32.5. The van der Waals surface area contributed by atoms with Gasteiger partial charge in [-0.15, -0.1) is 5.10 Å². The van der Waals surface area contributed by atoms with Gasteiger partial charge in [0.2, 0.25) is 0 Å². The minimum atomic E-state index is -2.46. The Labute approximate surface area is 323 Å². The first-order valence-electron chi connectivity index (χ1n) is 17.7. The standard InChI is InChI=1S/C40H42IN5O6Si/c1-26-38(53(3,4)32-17-15-31(51-2)16-18-32)37(20-21-44-24-35(42-43-44)33(25-47)28-8-6-5-7-9-28)52-40(26)34-22-30(46(49)50)14-19-36(34)45(39(40)48)23-27-10-12-29(41)13-11-27/h5-19,22,24,26,33,37-38,47H,20-21,23,25H2,1-4H3/t26-,33?,37+,38-,40+/m0/s1. The number of methoxy groups -OCH3 is 1. The van der Waals surface area contributed by atoms with Gasteiger partial charge in [0.25, 0.3) is 11.6 Å². The summed E-state index contributed by atoms with van der Waals surface area (Å²) in [6.07, 6.45) is 2.00. The molecule has 1 saturated heterocycles. The van der Waals surface area contributed by atoms with E-state index in [-0.39, 0.29) is 35.6 Å². The van der Waals surface area contributed by atoms with Gasteiger partial charge in [-0.2, -0.15) is 0 Å². The van der Waals surface area contributed by atoms with Crippen molar-refractivity contribution >= 4 is 53.1 Å². The molecule has 0 aliphatic carbocycles. The van der Waals surface area contributed by atoms with Crippen LogP contribution < -0.4 is 14.8 Å². The molecule has 7 rings (SSSR count). The van der Waals surface area contributed by atoms with Crippen molar-refractivity contribution in [3.63, 3.8) is 0 Å². The van der Waals surface area contributed by atoms with Crippen molar-refractivity contribution in [3.8, 4) is 5.75 Å². The smallest absolute Gasteiger partial charge is 0.269 e. The lowest BCUT2D eigenvalue weighted by Crippen LogP contribution is -2.51. The molecule has 1 unspecified atom stereocenters. The number of rotatable bonds is 12. The summed E-state index contributed by atoms with van der Waals surface area (Å²) in [4.78, 5) is 28.6. The summed E-state index contributed by atoms with van der Waals surface area (Å²) >= 11 is 2.26. The van der Waals surface area contributed by atoms with E-state index in [4.69, 9.17) is 9.47 Å². The van der Waals surface area contributed by atoms with E-state index in [2.05, 4.69) is 65.1 Å². The molecule has 0 radical (unpaired) electrons. The van der Waals surface area contributed by atoms with E-state index in [1.807, 2.05) is 72.9 Å². The van der Waals surface area contributed by atoms with E-state index in [0.29, 0.717) is 36.5 Å². The van der Waals surface area contributed by atoms with Crippen LogP contribution in [-0.4, -0.2) is 58.8 Å². The van der Waals surface area contributed by atoms with Crippen molar-refractivity contribution in [2.45, 2.75) is 62.7 Å². The molecule has 0 bridgehead atoms. The van der Waals surface area contributed by atoms with Gasteiger partial charge in [0.15, 0.2) is 5.60 Å². The van der Waals surface area contributed by atoms with Gasteiger partial charge in [-0.25, -0.2) is 0 Å². The Bertz CT molecular complexity index is 2110. The first-order valence-corrected chi connectivity index (χ1v) is 21.9. The van der Waals surface area contributed by atoms with Crippen LogP contribution in [0.25, 0.3) is 0 Å². The highest BCUT2D eigenvalue weighted by Crippen LogP contribution is 2.60. The lowest BCUT2D eigenvalue weighted by molar-refractivity contribution is -0.385. The number of ether oxygens (including phenoxy) is 2. The second kappa shape index (κ2) is 14.8. The van der Waals surface area contributed by atoms with Crippen LogP contribution in [0.4, 0.5) is 11.4 Å². The number of anilines is 1. The van der Waals surface area contributed by atoms with Gasteiger partial charge in [-0.05, 0) is 76.0 Å². The van der Waals surface area contributed by atoms with Crippen LogP contribution >= 0.6 is 22.6 Å². The summed E-state index contributed by atoms with van der Waals surface area (Å²) in [7, 11) is -0.810. The molecule has 4 aromatic carbocycles. The van der Waals surface area contributed by atoms with E-state index >= 15 is 4.79 Å². The van der Waals surface area contributed by atoms with Crippen LogP contribution in [0.2, 0.25) is 18.6 Å². The summed E-state index contributed by atoms with van der Waals surface area (Å²) in [5.41, 5.74) is 2.16. The fourth-order valence-corrected chi connectivity index (χ4v) is 12.9. The number of nitro groups is 1. The number of benzene rings is 4. The molecular weight excluding hydrogens is 801 g/mol. The third-order valence-corrected chi connectivity index (χ3v) is 16.3. The Morgan fingerprint density at radius 2 is 1.77 bits per heavy atom. The van der Waals surface area contributed by atoms with E-state index in [1.54, 1.807) is 28.8 Å². The molecule has 3 heterocycles. The van der Waals surface area contributed by atoms with Crippen LogP contribution in [0.15, 0.2) is 103 Å². The normalized spacial score (nSPS) is 21.6. The predicted molar refractivity (Wildman–Crippen MR) is 213 cm³/mol. The zero-order valence-corrected chi connectivity index (χ0v) is 33.2. The van der Waals surface area contributed by atoms with Gasteiger partial charge in [-0.1, -0.05) is 85.0 Å². The number of hydrogen-bond acceptors (Lipinski definition) is 8. The quantitative estimate of drug-likeness (QED) is 0.0630. The van der Waals surface area contributed by atoms with E-state index in [9.17, 15) is 15.2 Å². The molecule has 11 nitrogen and oxygen atoms in total. The molecule has 2 aliphatic rings. The highest BCUT2D eigenvalue weighted by molar-refractivity contribution is 14.1. The molecule has 5 atom stereocenters. The number of hydrogen-bond donors (Lipinski definition) is 1. The number of nitro benzene ring substituents is 1. The molecule has 53 heavy (non-hydrogen) atoms. The molecule has 1 fully saturated rings. The summed E-state index contributed by atoms with van der Waals surface area (Å²) < 4.78 is 15.5. The Morgan fingerprint density at radius 3 is 2.43 bits per heavy atom. The van der Waals surface area contributed by atoms with E-state index in [1.165, 1.54) is 11.3 Å². The average Bonchev–Trinajstić information content (AvgIpc) is 3.82. The van der Waals surface area contributed by atoms with Crippen LogP contribution in [0.1, 0.15) is 41.6 Å². The summed E-state index contributed by atoms with van der Waals surface area (Å²) in [6, 6.07) is 30.6. The number of non-ortho nitro benzene ring substituents is 1. The highest BCUT2D eigenvalue weighted by atomic mass is 127. The Balaban J connectivity index is 1.28. The number of halogens is 1. The largest absolute Gasteiger partial charge is 0.497 e. The van der Waals surface area contributed by atoms with Crippen LogP contribution in [0.5, 0.6) is 5.75 Å². The van der Waals surface area contributed by atoms with Crippen LogP contribution in [0, 0.1) is 19.6 Å². The fraction of sp³-hybridized carbons (Fsp3) is 0.325. The van der Waals surface area contributed by atoms with Gasteiger partial charge >= 0.3 is 0 Å². The zero-order valence-electron chi connectivity index (χ0n) is 30.1. The Hall–Kier alpha value is -4.44. The lowest BCUT2D eigenvalue weighted by atomic mass is 9.82. The monoisotopic (exact) mass is 843 g/mol. The SMILES string of the molecule is COc1ccc([Si](C)(C)[C@@H]2[C@@H](CCn3cc(C(CO)c4ccccc4)nn3)O[C@]3(C(=O)N(Cc4ccc(I)cc4)c4ccc([N+](=O)[O-])cc43)[C@H]2C)cc1. The second-order valence-electron chi connectivity index (χ2n) is 14.5. The second-order valence-corrected chi connectivity index (χ2v) is 20.4. The van der Waals surface area contributed by atoms with Crippen molar-refractivity contribution in [1.82, 2.24) is 15.0 Å². The summed E-state index contributed by atoms with van der Waals surface area (Å²) in [6.45, 7) is 7.35. The number of fused-ring (bicyclic) bond motifs is 2. The predicted octanol–water partition coefficient (Wildman–Crippen LogP) is 6.78. The van der Waals surface area contributed by atoms with Gasteiger partial charge in [0.1, 0.15) is 5.75 Å². The molecule has 5 aromatic rings. The van der Waals surface area contributed by atoms with Crippen molar-refractivity contribution in [3.05, 3.63) is 139 Å². The first kappa shape index (κ1) is 36.9. The molecule has 2 aliphatic heterocycles. The number of aryl methyl sites for hydroxylation is 1. The number of carbonyl (C=O) groups excluding carboxylic acids is 1. The lowest BCUT2D eigenvalue weighted by Gasteiger charge is -2.37. The number of carbonyl (C=O) groups is 1. The minimum absolute atomic E-state index is 0.0669. The van der Waals surface area contributed by atoms with Crippen LogP contribution in [-0.2, 0) is 28.2 Å². The summed E-state index contributed by atoms with van der Waals surface area (Å²) in [5.74, 6) is -0.0795. The number of amides is 1. The fourth-order valence-electron chi connectivity index (χ4n) is 8.51. The molecule has 0 saturated carbocycles. The Kier molecular flexibility index (Phi) is 10.3. The van der Waals surface area contributed by atoms with Gasteiger partial charge in [0, 0.05) is 39.9 Å². The molecular formula is C40H42IN5O6Si.